The van der Waals surface area contributed by atoms with Gasteiger partial charge in [-0.3, -0.25) is 4.79 Å². The number of hydrogen-bond donors (Lipinski definition) is 0. The molecule has 0 radical (unpaired) electrons. The molecule has 0 aliphatic heterocycles. The number of esters is 1. The molecule has 0 atom stereocenters. The summed E-state index contributed by atoms with van der Waals surface area (Å²) in [4.78, 5) is 26.0. The van der Waals surface area contributed by atoms with Crippen molar-refractivity contribution in [3.63, 3.8) is 0 Å². The van der Waals surface area contributed by atoms with Crippen LogP contribution in [0.5, 0.6) is 0 Å². The van der Waals surface area contributed by atoms with Crippen molar-refractivity contribution in [2.45, 2.75) is 32.6 Å². The van der Waals surface area contributed by atoms with E-state index < -0.39 is 22.6 Å². The Morgan fingerprint density at radius 1 is 1.14 bits per heavy atom. The molecular formula is C19H27ClN2O5S. The Bertz CT molecular complexity index is 835. The van der Waals surface area contributed by atoms with E-state index in [0.717, 1.165) is 5.57 Å². The molecule has 1 amide bonds. The van der Waals surface area contributed by atoms with Gasteiger partial charge in [-0.15, -0.1) is 0 Å². The molecule has 0 aromatic heterocycles. The van der Waals surface area contributed by atoms with E-state index in [0.29, 0.717) is 26.2 Å². The van der Waals surface area contributed by atoms with Crippen LogP contribution >= 0.6 is 11.6 Å². The summed E-state index contributed by atoms with van der Waals surface area (Å²) in [5.41, 5.74) is 0.699. The van der Waals surface area contributed by atoms with Gasteiger partial charge in [0.25, 0.3) is 5.91 Å². The van der Waals surface area contributed by atoms with E-state index in [-0.39, 0.29) is 21.4 Å². The van der Waals surface area contributed by atoms with Crippen molar-refractivity contribution in [1.82, 2.24) is 9.21 Å². The summed E-state index contributed by atoms with van der Waals surface area (Å²) < 4.78 is 31.6. The molecule has 0 fully saturated rings. The second-order valence-electron chi connectivity index (χ2n) is 6.17. The number of sulfonamides is 1. The summed E-state index contributed by atoms with van der Waals surface area (Å²) in [6.07, 6.45) is 0. The van der Waals surface area contributed by atoms with E-state index in [1.54, 1.807) is 27.7 Å². The van der Waals surface area contributed by atoms with Crippen molar-refractivity contribution in [3.05, 3.63) is 40.9 Å². The molecule has 0 heterocycles. The molecule has 1 aromatic carbocycles. The summed E-state index contributed by atoms with van der Waals surface area (Å²) in [7, 11) is -3.75. The van der Waals surface area contributed by atoms with Crippen molar-refractivity contribution < 1.29 is 22.7 Å². The molecule has 0 aliphatic carbocycles. The van der Waals surface area contributed by atoms with Crippen LogP contribution in [0.2, 0.25) is 5.02 Å². The van der Waals surface area contributed by atoms with Crippen LogP contribution in [0, 0.1) is 0 Å². The lowest BCUT2D eigenvalue weighted by Crippen LogP contribution is -2.35. The van der Waals surface area contributed by atoms with Gasteiger partial charge < -0.3 is 9.64 Å². The first-order chi connectivity index (χ1) is 13.1. The Morgan fingerprint density at radius 2 is 1.75 bits per heavy atom. The largest absolute Gasteiger partial charge is 0.452 e. The van der Waals surface area contributed by atoms with Gasteiger partial charge in [-0.2, -0.15) is 4.31 Å². The zero-order valence-corrected chi connectivity index (χ0v) is 18.3. The average Bonchev–Trinajstić information content (AvgIpc) is 2.64. The minimum Gasteiger partial charge on any atom is -0.452 e. The van der Waals surface area contributed by atoms with Gasteiger partial charge in [0.05, 0.1) is 15.5 Å². The minimum absolute atomic E-state index is 0.0465. The van der Waals surface area contributed by atoms with Crippen LogP contribution in [0.4, 0.5) is 0 Å². The third kappa shape index (κ3) is 6.05. The number of amides is 1. The van der Waals surface area contributed by atoms with Gasteiger partial charge in [-0.1, -0.05) is 37.6 Å². The van der Waals surface area contributed by atoms with E-state index in [4.69, 9.17) is 16.3 Å². The predicted molar refractivity (Wildman–Crippen MR) is 109 cm³/mol. The zero-order chi connectivity index (χ0) is 21.5. The summed E-state index contributed by atoms with van der Waals surface area (Å²) in [5.74, 6) is -1.23. The molecule has 0 saturated heterocycles. The van der Waals surface area contributed by atoms with E-state index in [9.17, 15) is 18.0 Å². The van der Waals surface area contributed by atoms with E-state index in [1.807, 2.05) is 0 Å². The maximum absolute atomic E-state index is 12.6. The van der Waals surface area contributed by atoms with E-state index in [1.165, 1.54) is 27.4 Å². The topological polar surface area (TPSA) is 84.0 Å². The highest BCUT2D eigenvalue weighted by Gasteiger charge is 2.25. The number of hydrogen-bond acceptors (Lipinski definition) is 5. The Balaban J connectivity index is 3.00. The number of ether oxygens (including phenoxy) is 1. The lowest BCUT2D eigenvalue weighted by molar-refractivity contribution is -0.133. The lowest BCUT2D eigenvalue weighted by atomic mass is 10.2. The zero-order valence-electron chi connectivity index (χ0n) is 16.7. The van der Waals surface area contributed by atoms with Crippen LogP contribution in [0.25, 0.3) is 0 Å². The van der Waals surface area contributed by atoms with Gasteiger partial charge in [0.1, 0.15) is 0 Å². The Morgan fingerprint density at radius 3 is 2.25 bits per heavy atom. The summed E-state index contributed by atoms with van der Waals surface area (Å²) in [5, 5.41) is 0.0465. The van der Waals surface area contributed by atoms with Crippen molar-refractivity contribution >= 4 is 33.5 Å². The average molecular weight is 431 g/mol. The van der Waals surface area contributed by atoms with Gasteiger partial charge in [0, 0.05) is 26.2 Å². The molecule has 0 aliphatic rings. The van der Waals surface area contributed by atoms with Gasteiger partial charge in [0.15, 0.2) is 6.61 Å². The fourth-order valence-electron chi connectivity index (χ4n) is 2.53. The van der Waals surface area contributed by atoms with Crippen LogP contribution in [-0.4, -0.2) is 62.3 Å². The molecule has 0 bridgehead atoms. The maximum Gasteiger partial charge on any atom is 0.340 e. The molecule has 0 spiro atoms. The number of carbonyl (C=O) groups is 2. The molecule has 0 N–H and O–H groups in total. The first kappa shape index (κ1) is 24.1. The van der Waals surface area contributed by atoms with Gasteiger partial charge in [-0.05, 0) is 32.0 Å². The Hall–Kier alpha value is -1.90. The molecule has 1 rings (SSSR count). The molecule has 0 unspecified atom stereocenters. The first-order valence-electron chi connectivity index (χ1n) is 8.97. The van der Waals surface area contributed by atoms with Gasteiger partial charge in [-0.25, -0.2) is 13.2 Å². The summed E-state index contributed by atoms with van der Waals surface area (Å²) in [6, 6.07) is 3.84. The lowest BCUT2D eigenvalue weighted by Gasteiger charge is -2.21. The van der Waals surface area contributed by atoms with Crippen molar-refractivity contribution in [2.75, 3.05) is 32.8 Å². The standard InChI is InChI=1S/C19H27ClN2O5S/c1-6-21(12-14(4)5)18(23)13-27-19(24)16-11-15(9-10-17(16)20)28(25,26)22(7-2)8-3/h9-11H,4,6-8,12-13H2,1-3,5H3. The number of carbonyl (C=O) groups excluding carboxylic acids is 2. The SMILES string of the molecule is C=C(C)CN(CC)C(=O)COC(=O)c1cc(S(=O)(=O)N(CC)CC)ccc1Cl. The molecule has 9 heteroatoms. The molecule has 28 heavy (non-hydrogen) atoms. The molecule has 0 saturated carbocycles. The molecule has 1 aromatic rings. The monoisotopic (exact) mass is 430 g/mol. The predicted octanol–water partition coefficient (Wildman–Crippen LogP) is 2.95. The second-order valence-corrected chi connectivity index (χ2v) is 8.52. The third-order valence-corrected chi connectivity index (χ3v) is 6.40. The number of halogens is 1. The summed E-state index contributed by atoms with van der Waals surface area (Å²) >= 11 is 6.05. The first-order valence-corrected chi connectivity index (χ1v) is 10.8. The maximum atomic E-state index is 12.6. The molecule has 156 valence electrons. The molecular weight excluding hydrogens is 404 g/mol. The summed E-state index contributed by atoms with van der Waals surface area (Å²) in [6.45, 7) is 11.7. The number of benzene rings is 1. The third-order valence-electron chi connectivity index (χ3n) is 4.02. The number of likely N-dealkylation sites (N-methyl/N-ethyl adjacent to an activating group) is 1. The fraction of sp³-hybridized carbons (Fsp3) is 0.474. The fourth-order valence-corrected chi connectivity index (χ4v) is 4.21. The highest BCUT2D eigenvalue weighted by molar-refractivity contribution is 7.89. The second kappa shape index (κ2) is 10.6. The minimum atomic E-state index is -3.75. The van der Waals surface area contributed by atoms with Crippen LogP contribution < -0.4 is 0 Å². The van der Waals surface area contributed by atoms with Crippen molar-refractivity contribution in [1.29, 1.82) is 0 Å². The van der Waals surface area contributed by atoms with Gasteiger partial charge >= 0.3 is 5.97 Å². The van der Waals surface area contributed by atoms with Crippen LogP contribution in [0.3, 0.4) is 0 Å². The number of nitrogens with zero attached hydrogens (tertiary/aromatic N) is 2. The van der Waals surface area contributed by atoms with Crippen molar-refractivity contribution in [3.8, 4) is 0 Å². The van der Waals surface area contributed by atoms with Crippen LogP contribution in [0.15, 0.2) is 35.2 Å². The highest BCUT2D eigenvalue weighted by atomic mass is 35.5. The Labute approximate surface area is 172 Å². The normalized spacial score (nSPS) is 11.4. The van der Waals surface area contributed by atoms with Gasteiger partial charge in [0.2, 0.25) is 10.0 Å². The quantitative estimate of drug-likeness (QED) is 0.421. The van der Waals surface area contributed by atoms with E-state index in [2.05, 4.69) is 6.58 Å². The van der Waals surface area contributed by atoms with Crippen LogP contribution in [0.1, 0.15) is 38.1 Å². The Kier molecular flexibility index (Phi) is 9.13. The molecule has 7 nitrogen and oxygen atoms in total. The van der Waals surface area contributed by atoms with Crippen molar-refractivity contribution in [2.24, 2.45) is 0 Å². The number of rotatable bonds is 10. The van der Waals surface area contributed by atoms with E-state index >= 15 is 0 Å². The smallest absolute Gasteiger partial charge is 0.340 e. The van der Waals surface area contributed by atoms with Crippen LogP contribution in [-0.2, 0) is 19.6 Å². The highest BCUT2D eigenvalue weighted by Crippen LogP contribution is 2.23.